The van der Waals surface area contributed by atoms with Crippen molar-refractivity contribution in [1.29, 1.82) is 0 Å². The molecular weight excluding hydrogens is 612 g/mol. The van der Waals surface area contributed by atoms with Crippen LogP contribution in [0.3, 0.4) is 0 Å². The molecule has 49 heavy (non-hydrogen) atoms. The van der Waals surface area contributed by atoms with E-state index in [2.05, 4.69) is 39.8 Å². The number of ether oxygens (including phenoxy) is 3. The molecule has 3 aromatic carbocycles. The summed E-state index contributed by atoms with van der Waals surface area (Å²) in [5.41, 5.74) is 4.33. The topological polar surface area (TPSA) is 78.9 Å². The molecule has 0 radical (unpaired) electrons. The van der Waals surface area contributed by atoms with E-state index >= 15 is 0 Å². The molecule has 0 saturated heterocycles. The molecule has 0 spiro atoms. The molecule has 5 atom stereocenters. The van der Waals surface area contributed by atoms with Crippen LogP contribution in [0.4, 0.5) is 0 Å². The quantitative estimate of drug-likeness (QED) is 0.177. The molecular formula is C43H48O6. The maximum atomic E-state index is 13.7. The average molecular weight is 661 g/mol. The van der Waals surface area contributed by atoms with Gasteiger partial charge in [0.05, 0.1) is 17.4 Å². The van der Waals surface area contributed by atoms with Crippen LogP contribution in [0.15, 0.2) is 54.6 Å². The monoisotopic (exact) mass is 660 g/mol. The maximum Gasteiger partial charge on any atom is 0.340 e. The Morgan fingerprint density at radius 1 is 0.694 bits per heavy atom. The zero-order chi connectivity index (χ0) is 34.2. The van der Waals surface area contributed by atoms with Crippen LogP contribution < -0.4 is 9.47 Å². The van der Waals surface area contributed by atoms with Crippen molar-refractivity contribution < 1.29 is 28.6 Å². The van der Waals surface area contributed by atoms with Gasteiger partial charge in [-0.05, 0) is 115 Å². The standard InChI is InChI=1S/C43H48O6/c1-23(2)32-21-26(18-19-36(32)47-41(45)38-27-12-6-7-13-28(27)38)43(34-17-11-10-16-31(34)40(44)49-43)35-22-33(24(3)4)37(20-25(35)5)48-42(46)39-29-14-8-9-15-30(29)39/h10-11,16-24,27-30,38-39H,6-9,12-15H2,1-5H3. The van der Waals surface area contributed by atoms with Crippen LogP contribution in [0.5, 0.6) is 11.5 Å². The van der Waals surface area contributed by atoms with Gasteiger partial charge >= 0.3 is 17.9 Å². The SMILES string of the molecule is Cc1cc(OC(=O)C2C3CCCCC32)c(C(C)C)cc1C1(c2ccc(OC(=O)C3C4CCCCC43)c(C(C)C)c2)OC(=O)c2ccccc21. The summed E-state index contributed by atoms with van der Waals surface area (Å²) in [7, 11) is 0. The molecule has 6 heteroatoms. The largest absolute Gasteiger partial charge is 0.441 e. The fourth-order valence-electron chi connectivity index (χ4n) is 9.75. The third kappa shape index (κ3) is 5.32. The molecule has 4 saturated carbocycles. The number of aryl methyl sites for hydroxylation is 1. The Morgan fingerprint density at radius 2 is 1.22 bits per heavy atom. The molecule has 1 heterocycles. The highest BCUT2D eigenvalue weighted by Gasteiger charge is 2.57. The number of cyclic esters (lactones) is 1. The van der Waals surface area contributed by atoms with Crippen molar-refractivity contribution in [3.8, 4) is 11.5 Å². The third-order valence-electron chi connectivity index (χ3n) is 12.4. The molecule has 3 aromatic rings. The minimum Gasteiger partial charge on any atom is -0.441 e. The van der Waals surface area contributed by atoms with Gasteiger partial charge < -0.3 is 14.2 Å². The third-order valence-corrected chi connectivity index (χ3v) is 12.4. The Labute approximate surface area is 289 Å². The first-order chi connectivity index (χ1) is 23.6. The minimum absolute atomic E-state index is 0.00235. The van der Waals surface area contributed by atoms with E-state index in [-0.39, 0.29) is 41.6 Å². The number of carbonyl (C=O) groups is 3. The number of esters is 3. The number of hydrogen-bond donors (Lipinski definition) is 0. The van der Waals surface area contributed by atoms with E-state index in [9.17, 15) is 14.4 Å². The molecule has 0 aromatic heterocycles. The lowest BCUT2D eigenvalue weighted by Gasteiger charge is -2.33. The molecule has 0 bridgehead atoms. The Bertz CT molecular complexity index is 1810. The summed E-state index contributed by atoms with van der Waals surface area (Å²) in [5, 5.41) is 0. The van der Waals surface area contributed by atoms with Crippen molar-refractivity contribution in [3.63, 3.8) is 0 Å². The van der Waals surface area contributed by atoms with Crippen LogP contribution in [0.2, 0.25) is 0 Å². The van der Waals surface area contributed by atoms with Gasteiger partial charge in [0.15, 0.2) is 5.60 Å². The van der Waals surface area contributed by atoms with E-state index in [0.717, 1.165) is 59.1 Å². The maximum absolute atomic E-state index is 13.7. The number of benzene rings is 3. The summed E-state index contributed by atoms with van der Waals surface area (Å²) >= 11 is 0. The number of rotatable bonds is 8. The Kier molecular flexibility index (Phi) is 8.00. The molecule has 0 amide bonds. The van der Waals surface area contributed by atoms with Gasteiger partial charge in [0.2, 0.25) is 0 Å². The summed E-state index contributed by atoms with van der Waals surface area (Å²) in [5.74, 6) is 2.51. The van der Waals surface area contributed by atoms with Gasteiger partial charge in [0.25, 0.3) is 0 Å². The predicted molar refractivity (Wildman–Crippen MR) is 187 cm³/mol. The second-order valence-corrected chi connectivity index (χ2v) is 16.0. The second-order valence-electron chi connectivity index (χ2n) is 16.0. The van der Waals surface area contributed by atoms with Crippen LogP contribution in [0.25, 0.3) is 0 Å². The van der Waals surface area contributed by atoms with Crippen molar-refractivity contribution in [3.05, 3.63) is 93.5 Å². The first kappa shape index (κ1) is 32.3. The average Bonchev–Trinajstić information content (AvgIpc) is 3.98. The van der Waals surface area contributed by atoms with Crippen LogP contribution in [-0.4, -0.2) is 17.9 Å². The molecule has 4 aliphatic carbocycles. The van der Waals surface area contributed by atoms with E-state index in [4.69, 9.17) is 14.2 Å². The number of hydrogen-bond acceptors (Lipinski definition) is 6. The highest BCUT2D eigenvalue weighted by atomic mass is 16.6. The van der Waals surface area contributed by atoms with Gasteiger partial charge in [-0.15, -0.1) is 0 Å². The predicted octanol–water partition coefficient (Wildman–Crippen LogP) is 9.39. The van der Waals surface area contributed by atoms with E-state index in [0.29, 0.717) is 40.7 Å². The smallest absolute Gasteiger partial charge is 0.340 e. The lowest BCUT2D eigenvalue weighted by molar-refractivity contribution is -0.137. The van der Waals surface area contributed by atoms with Gasteiger partial charge in [-0.25, -0.2) is 4.79 Å². The zero-order valence-corrected chi connectivity index (χ0v) is 29.4. The lowest BCUT2D eigenvalue weighted by Crippen LogP contribution is -2.31. The highest BCUT2D eigenvalue weighted by Crippen LogP contribution is 2.57. The van der Waals surface area contributed by atoms with E-state index in [1.807, 2.05) is 49.4 Å². The lowest BCUT2D eigenvalue weighted by atomic mass is 9.76. The summed E-state index contributed by atoms with van der Waals surface area (Å²) in [6, 6.07) is 17.5. The van der Waals surface area contributed by atoms with Crippen LogP contribution in [-0.2, 0) is 19.9 Å². The van der Waals surface area contributed by atoms with Crippen LogP contribution in [0, 0.1) is 42.4 Å². The van der Waals surface area contributed by atoms with E-state index < -0.39 is 5.60 Å². The van der Waals surface area contributed by atoms with E-state index in [1.54, 1.807) is 0 Å². The summed E-state index contributed by atoms with van der Waals surface area (Å²) in [6.45, 7) is 10.4. The molecule has 256 valence electrons. The molecule has 5 unspecified atom stereocenters. The van der Waals surface area contributed by atoms with Crippen molar-refractivity contribution in [1.82, 2.24) is 0 Å². The van der Waals surface area contributed by atoms with E-state index in [1.165, 1.54) is 25.7 Å². The zero-order valence-electron chi connectivity index (χ0n) is 29.4. The molecule has 0 N–H and O–H groups in total. The fourth-order valence-corrected chi connectivity index (χ4v) is 9.75. The van der Waals surface area contributed by atoms with Crippen LogP contribution in [0.1, 0.15) is 135 Å². The fraction of sp³-hybridized carbons (Fsp3) is 0.512. The van der Waals surface area contributed by atoms with Gasteiger partial charge in [-0.2, -0.15) is 0 Å². The number of fused-ring (bicyclic) bond motifs is 3. The molecule has 8 rings (SSSR count). The Morgan fingerprint density at radius 3 is 1.80 bits per heavy atom. The minimum atomic E-state index is -1.24. The van der Waals surface area contributed by atoms with Gasteiger partial charge in [0.1, 0.15) is 11.5 Å². The van der Waals surface area contributed by atoms with Gasteiger partial charge in [0, 0.05) is 16.7 Å². The molecule has 4 fully saturated rings. The summed E-state index contributed by atoms with van der Waals surface area (Å²) in [4.78, 5) is 40.5. The summed E-state index contributed by atoms with van der Waals surface area (Å²) < 4.78 is 18.9. The van der Waals surface area contributed by atoms with Crippen molar-refractivity contribution in [2.75, 3.05) is 0 Å². The normalized spacial score (nSPS) is 29.5. The second kappa shape index (κ2) is 12.1. The molecule has 5 aliphatic rings. The van der Waals surface area contributed by atoms with Gasteiger partial charge in [-0.3, -0.25) is 9.59 Å². The van der Waals surface area contributed by atoms with Crippen molar-refractivity contribution in [2.45, 2.75) is 103 Å². The van der Waals surface area contributed by atoms with Crippen molar-refractivity contribution in [2.24, 2.45) is 35.5 Å². The Hall–Kier alpha value is -3.93. The first-order valence-corrected chi connectivity index (χ1v) is 18.7. The highest BCUT2D eigenvalue weighted by molar-refractivity contribution is 5.96. The van der Waals surface area contributed by atoms with Crippen molar-refractivity contribution >= 4 is 17.9 Å². The molecule has 1 aliphatic heterocycles. The first-order valence-electron chi connectivity index (χ1n) is 18.7. The summed E-state index contributed by atoms with van der Waals surface area (Å²) in [6.07, 6.45) is 9.25. The number of carbonyl (C=O) groups excluding carboxylic acids is 3. The Balaban J connectivity index is 1.20. The molecule has 6 nitrogen and oxygen atoms in total. The van der Waals surface area contributed by atoms with Crippen LogP contribution >= 0.6 is 0 Å². The van der Waals surface area contributed by atoms with Gasteiger partial charge in [-0.1, -0.05) is 77.6 Å².